The second-order valence-corrected chi connectivity index (χ2v) is 4.51. The van der Waals surface area contributed by atoms with Crippen molar-refractivity contribution >= 4 is 17.6 Å². The molecule has 7 nitrogen and oxygen atoms in total. The van der Waals surface area contributed by atoms with E-state index < -0.39 is 11.9 Å². The van der Waals surface area contributed by atoms with E-state index >= 15 is 0 Å². The van der Waals surface area contributed by atoms with Gasteiger partial charge in [-0.2, -0.15) is 5.10 Å². The number of nitrogens with one attached hydrogen (secondary N) is 1. The predicted molar refractivity (Wildman–Crippen MR) is 75.8 cm³/mol. The minimum Gasteiger partial charge on any atom is -0.451 e. The number of anilines is 1. The van der Waals surface area contributed by atoms with Gasteiger partial charge in [-0.25, -0.2) is 9.78 Å². The molecule has 0 atom stereocenters. The van der Waals surface area contributed by atoms with Crippen LogP contribution in [0.2, 0.25) is 0 Å². The summed E-state index contributed by atoms with van der Waals surface area (Å²) in [7, 11) is 1.79. The van der Waals surface area contributed by atoms with Gasteiger partial charge in [0.1, 0.15) is 5.69 Å². The normalized spacial score (nSPS) is 10.2. The Kier molecular flexibility index (Phi) is 4.32. The molecular formula is C14H16N4O3. The average molecular weight is 288 g/mol. The Morgan fingerprint density at radius 2 is 2.10 bits per heavy atom. The number of hydrogen-bond acceptors (Lipinski definition) is 5. The second-order valence-electron chi connectivity index (χ2n) is 4.51. The first-order valence-corrected chi connectivity index (χ1v) is 6.37. The number of ether oxygens (including phenoxy) is 1. The zero-order valence-corrected chi connectivity index (χ0v) is 12.1. The topological polar surface area (TPSA) is 86.1 Å². The van der Waals surface area contributed by atoms with E-state index in [4.69, 9.17) is 4.74 Å². The summed E-state index contributed by atoms with van der Waals surface area (Å²) in [6.07, 6.45) is 1.49. The first kappa shape index (κ1) is 14.7. The van der Waals surface area contributed by atoms with Crippen LogP contribution in [0.5, 0.6) is 0 Å². The smallest absolute Gasteiger partial charge is 0.357 e. The molecule has 0 saturated heterocycles. The van der Waals surface area contributed by atoms with Crippen molar-refractivity contribution in [3.8, 4) is 0 Å². The molecule has 0 unspecified atom stereocenters. The largest absolute Gasteiger partial charge is 0.451 e. The van der Waals surface area contributed by atoms with Gasteiger partial charge in [0.15, 0.2) is 6.61 Å². The fourth-order valence-corrected chi connectivity index (χ4v) is 1.82. The lowest BCUT2D eigenvalue weighted by molar-refractivity contribution is -0.119. The molecule has 7 heteroatoms. The highest BCUT2D eigenvalue weighted by Gasteiger charge is 2.15. The molecule has 2 aromatic heterocycles. The number of nitrogens with zero attached hydrogens (tertiary/aromatic N) is 3. The molecule has 0 fully saturated rings. The molecule has 2 aromatic rings. The van der Waals surface area contributed by atoms with Gasteiger partial charge in [-0.05, 0) is 26.0 Å². The summed E-state index contributed by atoms with van der Waals surface area (Å²) in [5.41, 5.74) is 2.34. The number of carbonyl (C=O) groups excluding carboxylic acids is 2. The highest BCUT2D eigenvalue weighted by atomic mass is 16.5. The van der Waals surface area contributed by atoms with Crippen LogP contribution in [-0.2, 0) is 16.6 Å². The predicted octanol–water partition coefficient (Wildman–Crippen LogP) is 1.23. The molecule has 0 aliphatic heterocycles. The van der Waals surface area contributed by atoms with Crippen LogP contribution in [0.3, 0.4) is 0 Å². The summed E-state index contributed by atoms with van der Waals surface area (Å²) in [6, 6.07) is 4.89. The number of hydrogen-bond donors (Lipinski definition) is 1. The maximum Gasteiger partial charge on any atom is 0.357 e. The van der Waals surface area contributed by atoms with Crippen LogP contribution in [0.15, 0.2) is 24.4 Å². The van der Waals surface area contributed by atoms with E-state index in [1.807, 2.05) is 6.92 Å². The van der Waals surface area contributed by atoms with Crippen molar-refractivity contribution in [3.05, 3.63) is 41.5 Å². The third-order valence-corrected chi connectivity index (χ3v) is 2.98. The van der Waals surface area contributed by atoms with Gasteiger partial charge in [-0.1, -0.05) is 6.07 Å². The standard InChI is InChI=1S/C14H16N4O3/c1-9-13(10(2)18(3)17-9)16-12(19)8-21-14(20)11-6-4-5-7-15-11/h4-7H,8H2,1-3H3,(H,16,19). The monoisotopic (exact) mass is 288 g/mol. The minimum atomic E-state index is -0.634. The Morgan fingerprint density at radius 1 is 1.33 bits per heavy atom. The van der Waals surface area contributed by atoms with Crippen LogP contribution >= 0.6 is 0 Å². The van der Waals surface area contributed by atoms with Crippen LogP contribution in [0.4, 0.5) is 5.69 Å². The van der Waals surface area contributed by atoms with E-state index in [0.717, 1.165) is 5.69 Å². The molecule has 1 N–H and O–H groups in total. The van der Waals surface area contributed by atoms with Gasteiger partial charge in [0, 0.05) is 13.2 Å². The van der Waals surface area contributed by atoms with Crippen molar-refractivity contribution in [1.82, 2.24) is 14.8 Å². The number of amides is 1. The van der Waals surface area contributed by atoms with Gasteiger partial charge in [-0.15, -0.1) is 0 Å². The molecule has 0 aromatic carbocycles. The van der Waals surface area contributed by atoms with Crippen LogP contribution in [0.1, 0.15) is 21.9 Å². The van der Waals surface area contributed by atoms with E-state index in [-0.39, 0.29) is 12.3 Å². The van der Waals surface area contributed by atoms with Crippen molar-refractivity contribution in [2.45, 2.75) is 13.8 Å². The van der Waals surface area contributed by atoms with Crippen molar-refractivity contribution in [3.63, 3.8) is 0 Å². The van der Waals surface area contributed by atoms with E-state index in [1.165, 1.54) is 12.3 Å². The van der Waals surface area contributed by atoms with Gasteiger partial charge >= 0.3 is 5.97 Å². The number of esters is 1. The third kappa shape index (κ3) is 3.44. The Morgan fingerprint density at radius 3 is 2.67 bits per heavy atom. The number of pyridine rings is 1. The Bertz CT molecular complexity index is 664. The van der Waals surface area contributed by atoms with Crippen molar-refractivity contribution in [1.29, 1.82) is 0 Å². The molecule has 110 valence electrons. The summed E-state index contributed by atoms with van der Waals surface area (Å²) in [5, 5.41) is 6.88. The first-order chi connectivity index (χ1) is 9.99. The lowest BCUT2D eigenvalue weighted by Gasteiger charge is -2.06. The summed E-state index contributed by atoms with van der Waals surface area (Å²) in [6.45, 7) is 3.27. The highest BCUT2D eigenvalue weighted by Crippen LogP contribution is 2.17. The molecular weight excluding hydrogens is 272 g/mol. The van der Waals surface area contributed by atoms with Crippen molar-refractivity contribution < 1.29 is 14.3 Å². The Balaban J connectivity index is 1.92. The zero-order valence-electron chi connectivity index (χ0n) is 12.1. The molecule has 21 heavy (non-hydrogen) atoms. The number of rotatable bonds is 4. The van der Waals surface area contributed by atoms with Gasteiger partial charge in [0.25, 0.3) is 5.91 Å². The van der Waals surface area contributed by atoms with Gasteiger partial charge < -0.3 is 10.1 Å². The SMILES string of the molecule is Cc1nn(C)c(C)c1NC(=O)COC(=O)c1ccccn1. The quantitative estimate of drug-likeness (QED) is 0.855. The van der Waals surface area contributed by atoms with Gasteiger partial charge in [-0.3, -0.25) is 9.48 Å². The lowest BCUT2D eigenvalue weighted by Crippen LogP contribution is -2.21. The Labute approximate surface area is 121 Å². The highest BCUT2D eigenvalue weighted by molar-refractivity contribution is 5.95. The molecule has 2 rings (SSSR count). The van der Waals surface area contributed by atoms with E-state index in [1.54, 1.807) is 30.8 Å². The van der Waals surface area contributed by atoms with Crippen LogP contribution in [0.25, 0.3) is 0 Å². The van der Waals surface area contributed by atoms with E-state index in [0.29, 0.717) is 11.4 Å². The van der Waals surface area contributed by atoms with E-state index in [2.05, 4.69) is 15.4 Å². The Hall–Kier alpha value is -2.70. The van der Waals surface area contributed by atoms with Crippen LogP contribution in [0, 0.1) is 13.8 Å². The number of aromatic nitrogens is 3. The van der Waals surface area contributed by atoms with Crippen molar-refractivity contribution in [2.75, 3.05) is 11.9 Å². The summed E-state index contributed by atoms with van der Waals surface area (Å²) >= 11 is 0. The van der Waals surface area contributed by atoms with Crippen LogP contribution < -0.4 is 5.32 Å². The molecule has 1 amide bonds. The zero-order chi connectivity index (χ0) is 15.4. The fourth-order valence-electron chi connectivity index (χ4n) is 1.82. The van der Waals surface area contributed by atoms with Gasteiger partial charge in [0.05, 0.1) is 17.1 Å². The maximum atomic E-state index is 11.8. The molecule has 0 radical (unpaired) electrons. The molecule has 0 saturated carbocycles. The lowest BCUT2D eigenvalue weighted by atomic mass is 10.3. The first-order valence-electron chi connectivity index (χ1n) is 6.37. The third-order valence-electron chi connectivity index (χ3n) is 2.98. The van der Waals surface area contributed by atoms with Crippen LogP contribution in [-0.4, -0.2) is 33.2 Å². The maximum absolute atomic E-state index is 11.8. The summed E-state index contributed by atoms with van der Waals surface area (Å²) in [4.78, 5) is 27.3. The summed E-state index contributed by atoms with van der Waals surface area (Å²) in [5.74, 6) is -1.05. The molecule has 0 spiro atoms. The fraction of sp³-hybridized carbons (Fsp3) is 0.286. The molecule has 2 heterocycles. The number of carbonyl (C=O) groups is 2. The van der Waals surface area contributed by atoms with Crippen molar-refractivity contribution in [2.24, 2.45) is 7.05 Å². The summed E-state index contributed by atoms with van der Waals surface area (Å²) < 4.78 is 6.58. The number of aryl methyl sites for hydroxylation is 2. The molecule has 0 aliphatic carbocycles. The van der Waals surface area contributed by atoms with E-state index in [9.17, 15) is 9.59 Å². The molecule has 0 aliphatic rings. The van der Waals surface area contributed by atoms with Gasteiger partial charge in [0.2, 0.25) is 0 Å². The average Bonchev–Trinajstić information content (AvgIpc) is 2.72. The second kappa shape index (κ2) is 6.17. The minimum absolute atomic E-state index is 0.166. The molecule has 0 bridgehead atoms.